The molecule has 3 N–H and O–H groups in total. The molecule has 0 aliphatic rings. The van der Waals surface area contributed by atoms with E-state index < -0.39 is 26.6 Å². The van der Waals surface area contributed by atoms with Gasteiger partial charge in [-0.25, -0.2) is 0 Å². The summed E-state index contributed by atoms with van der Waals surface area (Å²) in [5, 5.41) is 17.6. The van der Waals surface area contributed by atoms with Crippen LogP contribution in [0.15, 0.2) is 0 Å². The molecule has 1 atom stereocenters. The van der Waals surface area contributed by atoms with Crippen LogP contribution in [0.1, 0.15) is 34.1 Å². The van der Waals surface area contributed by atoms with E-state index in [0.29, 0.717) is 0 Å². The van der Waals surface area contributed by atoms with Gasteiger partial charge in [-0.1, -0.05) is 0 Å². The molecule has 0 saturated heterocycles. The summed E-state index contributed by atoms with van der Waals surface area (Å²) in [6, 6.07) is 0. The first kappa shape index (κ1) is 18.2. The first-order chi connectivity index (χ1) is 5.84. The molecule has 88 valence electrons. The molecule has 0 heterocycles. The van der Waals surface area contributed by atoms with Crippen molar-refractivity contribution in [1.82, 2.24) is 0 Å². The van der Waals surface area contributed by atoms with Crippen molar-refractivity contribution in [3.05, 3.63) is 0 Å². The summed E-state index contributed by atoms with van der Waals surface area (Å²) in [6.07, 6.45) is -0.227. The summed E-state index contributed by atoms with van der Waals surface area (Å²) in [5.41, 5.74) is -2.85. The summed E-state index contributed by atoms with van der Waals surface area (Å²) >= 11 is 0. The van der Waals surface area contributed by atoms with E-state index in [4.69, 9.17) is 4.55 Å². The van der Waals surface area contributed by atoms with Crippen LogP contribution in [0.3, 0.4) is 0 Å². The Hall–Kier alpha value is 0.830. The molecule has 0 spiro atoms. The summed E-state index contributed by atoms with van der Waals surface area (Å²) in [6.45, 7) is 5.38. The van der Waals surface area contributed by atoms with Crippen molar-refractivity contribution >= 4 is 39.7 Å². The third-order valence-corrected chi connectivity index (χ3v) is 3.29. The minimum atomic E-state index is -4.37. The van der Waals surface area contributed by atoms with Crippen LogP contribution in [-0.2, 0) is 10.1 Å². The third kappa shape index (κ3) is 7.68. The summed E-state index contributed by atoms with van der Waals surface area (Å²) in [7, 11) is -4.37. The number of aliphatic hydroxyl groups is 2. The Morgan fingerprint density at radius 2 is 1.47 bits per heavy atom. The first-order valence-corrected chi connectivity index (χ1v) is 5.75. The van der Waals surface area contributed by atoms with E-state index >= 15 is 0 Å². The van der Waals surface area contributed by atoms with Crippen LogP contribution < -0.4 is 0 Å². The molecule has 0 aromatic rings. The zero-order chi connectivity index (χ0) is 11.8. The van der Waals surface area contributed by atoms with E-state index in [1.807, 2.05) is 0 Å². The molecule has 0 radical (unpaired) electrons. The van der Waals surface area contributed by atoms with Gasteiger partial charge in [0, 0.05) is 0 Å². The van der Waals surface area contributed by atoms with E-state index in [-0.39, 0.29) is 36.0 Å². The quantitative estimate of drug-likeness (QED) is 0.463. The second-order valence-electron chi connectivity index (χ2n) is 4.67. The van der Waals surface area contributed by atoms with Gasteiger partial charge in [-0.3, -0.25) is 4.55 Å². The predicted molar refractivity (Wildman–Crippen MR) is 59.7 cm³/mol. The molecule has 0 amide bonds. The Balaban J connectivity index is 0. The van der Waals surface area contributed by atoms with E-state index in [1.165, 1.54) is 27.7 Å². The zero-order valence-corrected chi connectivity index (χ0v) is 9.67. The number of rotatable bonds is 4. The van der Waals surface area contributed by atoms with E-state index in [2.05, 4.69) is 0 Å². The van der Waals surface area contributed by atoms with Gasteiger partial charge in [0.1, 0.15) is 5.25 Å². The second-order valence-corrected chi connectivity index (χ2v) is 6.27. The van der Waals surface area contributed by atoms with Gasteiger partial charge >= 0.3 is 29.6 Å². The maximum absolute atomic E-state index is 10.9. The van der Waals surface area contributed by atoms with E-state index in [1.54, 1.807) is 0 Å². The Bertz CT molecular complexity index is 285. The van der Waals surface area contributed by atoms with Crippen LogP contribution in [0, 0.1) is 0 Å². The normalized spacial score (nSPS) is 15.7. The molecule has 7 heteroatoms. The Morgan fingerprint density at radius 1 is 1.13 bits per heavy atom. The van der Waals surface area contributed by atoms with Crippen molar-refractivity contribution in [2.45, 2.75) is 50.6 Å². The van der Waals surface area contributed by atoms with Crippen LogP contribution in [0.2, 0.25) is 0 Å². The van der Waals surface area contributed by atoms with Crippen LogP contribution in [0.4, 0.5) is 0 Å². The molecule has 0 fully saturated rings. The van der Waals surface area contributed by atoms with Crippen molar-refractivity contribution in [3.63, 3.8) is 0 Å². The topological polar surface area (TPSA) is 94.8 Å². The van der Waals surface area contributed by atoms with Crippen molar-refractivity contribution in [2.75, 3.05) is 0 Å². The average molecular weight is 250 g/mol. The molecule has 0 saturated carbocycles. The van der Waals surface area contributed by atoms with Crippen molar-refractivity contribution in [2.24, 2.45) is 0 Å². The van der Waals surface area contributed by atoms with Crippen LogP contribution in [0.5, 0.6) is 0 Å². The molecule has 0 aliphatic carbocycles. The summed E-state index contributed by atoms with van der Waals surface area (Å²) in [5.74, 6) is 0. The fourth-order valence-corrected chi connectivity index (χ4v) is 2.52. The molecule has 0 aromatic heterocycles. The molecule has 0 bridgehead atoms. The molecular weight excluding hydrogens is 231 g/mol. The molecule has 0 rings (SSSR count). The molecule has 15 heavy (non-hydrogen) atoms. The van der Waals surface area contributed by atoms with Gasteiger partial charge in [-0.2, -0.15) is 8.42 Å². The van der Waals surface area contributed by atoms with Gasteiger partial charge in [0.15, 0.2) is 0 Å². The van der Waals surface area contributed by atoms with Gasteiger partial charge in [-0.15, -0.1) is 0 Å². The van der Waals surface area contributed by atoms with Gasteiger partial charge in [0.25, 0.3) is 10.1 Å². The van der Waals surface area contributed by atoms with Crippen molar-refractivity contribution < 1.29 is 23.2 Å². The van der Waals surface area contributed by atoms with Gasteiger partial charge in [0.05, 0.1) is 11.2 Å². The van der Waals surface area contributed by atoms with Gasteiger partial charge < -0.3 is 10.2 Å². The number of hydrogen-bond acceptors (Lipinski definition) is 4. The average Bonchev–Trinajstić information content (AvgIpc) is 1.75. The first-order valence-electron chi connectivity index (χ1n) is 4.25. The van der Waals surface area contributed by atoms with Crippen molar-refractivity contribution in [1.29, 1.82) is 0 Å². The van der Waals surface area contributed by atoms with Crippen LogP contribution >= 0.6 is 0 Å². The second kappa shape index (κ2) is 5.44. The summed E-state index contributed by atoms with van der Waals surface area (Å²) < 4.78 is 30.8. The fraction of sp³-hybridized carbons (Fsp3) is 1.00. The Labute approximate surface area is 113 Å². The maximum atomic E-state index is 10.9. The molecule has 0 aromatic carbocycles. The Kier molecular flexibility index (Phi) is 6.60. The fourth-order valence-electron chi connectivity index (χ4n) is 1.17. The molecule has 5 nitrogen and oxygen atoms in total. The van der Waals surface area contributed by atoms with E-state index in [9.17, 15) is 18.6 Å². The number of hydrogen-bond donors (Lipinski definition) is 3. The molecular formula is C8H19NaO5S. The Morgan fingerprint density at radius 3 is 1.53 bits per heavy atom. The monoisotopic (exact) mass is 250 g/mol. The summed E-state index contributed by atoms with van der Waals surface area (Å²) in [4.78, 5) is 0. The third-order valence-electron chi connectivity index (χ3n) is 1.83. The van der Waals surface area contributed by atoms with Crippen LogP contribution in [-0.4, -0.2) is 69.2 Å². The zero-order valence-electron chi connectivity index (χ0n) is 8.85. The van der Waals surface area contributed by atoms with Gasteiger partial charge in [0.2, 0.25) is 0 Å². The van der Waals surface area contributed by atoms with Crippen molar-refractivity contribution in [3.8, 4) is 0 Å². The predicted octanol–water partition coefficient (Wildman–Crippen LogP) is -0.474. The minimum absolute atomic E-state index is 0. The SMILES string of the molecule is CC(C)(O)CC(C(C)(C)O)S(=O)(=O)O.[NaH]. The van der Waals surface area contributed by atoms with E-state index in [0.717, 1.165) is 0 Å². The molecule has 0 aliphatic heterocycles. The van der Waals surface area contributed by atoms with Crippen LogP contribution in [0.25, 0.3) is 0 Å². The molecule has 1 unspecified atom stereocenters. The standard InChI is InChI=1S/C8H18O5S.Na.H/c1-7(2,9)5-6(8(3,4)10)14(11,12)13;;/h6,9-10H,5H2,1-4H3,(H,11,12,13);;. The van der Waals surface area contributed by atoms with Gasteiger partial charge in [-0.05, 0) is 34.1 Å².